The predicted molar refractivity (Wildman–Crippen MR) is 174 cm³/mol. The van der Waals surface area contributed by atoms with E-state index in [0.717, 1.165) is 63.4 Å². The Kier molecular flexibility index (Phi) is 7.49. The highest BCUT2D eigenvalue weighted by Crippen LogP contribution is 2.75. The van der Waals surface area contributed by atoms with E-state index in [4.69, 9.17) is 4.74 Å². The van der Waals surface area contributed by atoms with Gasteiger partial charge in [-0.1, -0.05) is 72.2 Å². The zero-order valence-corrected chi connectivity index (χ0v) is 28.0. The normalized spacial score (nSPS) is 44.4. The fourth-order valence-electron chi connectivity index (χ4n) is 12.0. The molecule has 44 heavy (non-hydrogen) atoms. The molecule has 0 aromatic heterocycles. The lowest BCUT2D eigenvalue weighted by atomic mass is 9.33. The largest absolute Gasteiger partial charge is 0.508 e. The average Bonchev–Trinajstić information content (AvgIpc) is 2.96. The number of allylic oxidation sites excluding steroid dienone is 2. The van der Waals surface area contributed by atoms with Gasteiger partial charge in [0.1, 0.15) is 11.9 Å². The number of hydrogen-bond acceptors (Lipinski definition) is 4. The van der Waals surface area contributed by atoms with Crippen molar-refractivity contribution in [3.63, 3.8) is 0 Å². The number of carbonyl (C=O) groups is 2. The summed E-state index contributed by atoms with van der Waals surface area (Å²) in [6, 6.07) is 6.79. The molecule has 1 aromatic carbocycles. The maximum absolute atomic E-state index is 13.0. The van der Waals surface area contributed by atoms with E-state index in [1.807, 2.05) is 0 Å². The smallest absolute Gasteiger partial charge is 0.331 e. The number of carboxylic acids is 1. The second-order valence-electron chi connectivity index (χ2n) is 16.8. The minimum Gasteiger partial charge on any atom is -0.508 e. The standard InChI is InChI=1S/C39H54O5/c1-24-16-21-39(34(42)43)23-22-37(6)28(33(39)25(24)2)13-14-30-36(5)19-18-31(35(3,4)29(36)17-20-38(30,37)7)44-32(41)15-10-26-8-11-27(40)12-9-26/h8-13,15,24-25,29-31,33,40H,14,16-23H2,1-7H3,(H,42,43)/t24-,25+,29?,30-,31+,33+,36+,37-,38-,39+/m1/s1. The van der Waals surface area contributed by atoms with Crippen LogP contribution in [0.2, 0.25) is 0 Å². The van der Waals surface area contributed by atoms with E-state index >= 15 is 0 Å². The van der Waals surface area contributed by atoms with Crippen LogP contribution in [0.5, 0.6) is 5.75 Å². The first-order valence-corrected chi connectivity index (χ1v) is 17.2. The number of ether oxygens (including phenoxy) is 1. The van der Waals surface area contributed by atoms with Crippen molar-refractivity contribution in [1.82, 2.24) is 0 Å². The molecule has 5 aliphatic carbocycles. The third kappa shape index (κ3) is 4.37. The van der Waals surface area contributed by atoms with E-state index in [9.17, 15) is 19.8 Å². The Morgan fingerprint density at radius 2 is 1.59 bits per heavy atom. The number of esters is 1. The van der Waals surface area contributed by atoms with Gasteiger partial charge in [0, 0.05) is 11.5 Å². The molecule has 0 amide bonds. The number of aliphatic carboxylic acids is 1. The van der Waals surface area contributed by atoms with Gasteiger partial charge in [0.15, 0.2) is 0 Å². The molecule has 4 fully saturated rings. The van der Waals surface area contributed by atoms with Gasteiger partial charge in [-0.25, -0.2) is 4.79 Å². The van der Waals surface area contributed by atoms with Gasteiger partial charge in [0.2, 0.25) is 0 Å². The fourth-order valence-corrected chi connectivity index (χ4v) is 12.0. The minimum absolute atomic E-state index is 0.00527. The SMILES string of the molecule is C[C@H]1[C@H](C)CC[C@]2(C(=O)O)CC[C@]3(C)C(=CC[C@@H]4[C@@]5(C)CC[C@H](OC(=O)C=Cc6ccc(O)cc6)C(C)(C)C5CC[C@]43C)[C@H]12. The van der Waals surface area contributed by atoms with E-state index in [0.29, 0.717) is 23.7 Å². The van der Waals surface area contributed by atoms with Crippen LogP contribution in [0, 0.1) is 56.7 Å². The third-order valence-electron chi connectivity index (χ3n) is 14.9. The number of carbonyl (C=O) groups excluding carboxylic acids is 1. The highest BCUT2D eigenvalue weighted by atomic mass is 16.5. The Labute approximate surface area is 264 Å². The Hall–Kier alpha value is -2.56. The van der Waals surface area contributed by atoms with Gasteiger partial charge in [-0.2, -0.15) is 0 Å². The summed E-state index contributed by atoms with van der Waals surface area (Å²) >= 11 is 0. The second kappa shape index (κ2) is 10.5. The van der Waals surface area contributed by atoms with Crippen molar-refractivity contribution in [1.29, 1.82) is 0 Å². The van der Waals surface area contributed by atoms with Crippen molar-refractivity contribution in [3.05, 3.63) is 47.6 Å². The topological polar surface area (TPSA) is 83.8 Å². The Bertz CT molecular complexity index is 1370. The van der Waals surface area contributed by atoms with Crippen LogP contribution >= 0.6 is 0 Å². The summed E-state index contributed by atoms with van der Waals surface area (Å²) < 4.78 is 6.18. The molecule has 5 heteroatoms. The third-order valence-corrected chi connectivity index (χ3v) is 14.9. The van der Waals surface area contributed by atoms with Crippen LogP contribution in [-0.2, 0) is 14.3 Å². The van der Waals surface area contributed by atoms with Gasteiger partial charge in [-0.15, -0.1) is 0 Å². The number of hydrogen-bond donors (Lipinski definition) is 2. The number of phenols is 1. The zero-order valence-electron chi connectivity index (χ0n) is 28.0. The maximum Gasteiger partial charge on any atom is 0.331 e. The lowest BCUT2D eigenvalue weighted by Crippen LogP contribution is -2.65. The molecule has 5 aliphatic rings. The lowest BCUT2D eigenvalue weighted by molar-refractivity contribution is -0.213. The van der Waals surface area contributed by atoms with Crippen molar-refractivity contribution in [2.24, 2.45) is 56.7 Å². The minimum atomic E-state index is -0.609. The number of benzene rings is 1. The van der Waals surface area contributed by atoms with Crippen molar-refractivity contribution in [3.8, 4) is 5.75 Å². The number of aromatic hydroxyl groups is 1. The molecule has 5 nitrogen and oxygen atoms in total. The van der Waals surface area contributed by atoms with Crippen LogP contribution in [-0.4, -0.2) is 28.3 Å². The molecule has 6 rings (SSSR count). The number of fused-ring (bicyclic) bond motifs is 7. The molecule has 240 valence electrons. The zero-order chi connectivity index (χ0) is 31.9. The summed E-state index contributed by atoms with van der Waals surface area (Å²) in [5, 5.41) is 20.2. The summed E-state index contributed by atoms with van der Waals surface area (Å²) in [6.07, 6.45) is 14.4. The average molecular weight is 603 g/mol. The van der Waals surface area contributed by atoms with Crippen LogP contribution in [0.4, 0.5) is 0 Å². The highest BCUT2D eigenvalue weighted by Gasteiger charge is 2.69. The van der Waals surface area contributed by atoms with E-state index in [-0.39, 0.29) is 45.4 Å². The first-order valence-electron chi connectivity index (χ1n) is 17.2. The van der Waals surface area contributed by atoms with Crippen LogP contribution < -0.4 is 0 Å². The Morgan fingerprint density at radius 1 is 0.886 bits per heavy atom. The molecule has 0 aliphatic heterocycles. The molecule has 2 N–H and O–H groups in total. The number of phenolic OH excluding ortho intramolecular Hbond substituents is 1. The molecule has 0 bridgehead atoms. The Balaban J connectivity index is 1.27. The summed E-state index contributed by atoms with van der Waals surface area (Å²) in [5.74, 6) is 1.34. The van der Waals surface area contributed by atoms with Gasteiger partial charge in [-0.05, 0) is 127 Å². The van der Waals surface area contributed by atoms with Crippen LogP contribution in [0.3, 0.4) is 0 Å². The number of rotatable bonds is 4. The monoisotopic (exact) mass is 602 g/mol. The van der Waals surface area contributed by atoms with Gasteiger partial charge in [0.05, 0.1) is 5.41 Å². The molecule has 0 spiro atoms. The van der Waals surface area contributed by atoms with E-state index in [2.05, 4.69) is 54.5 Å². The van der Waals surface area contributed by atoms with Gasteiger partial charge in [-0.3, -0.25) is 4.79 Å². The molecule has 0 heterocycles. The van der Waals surface area contributed by atoms with Crippen molar-refractivity contribution < 1.29 is 24.5 Å². The summed E-state index contributed by atoms with van der Waals surface area (Å²) in [7, 11) is 0. The molecule has 1 aromatic rings. The van der Waals surface area contributed by atoms with Gasteiger partial charge >= 0.3 is 11.9 Å². The molecule has 0 saturated heterocycles. The summed E-state index contributed by atoms with van der Waals surface area (Å²) in [6.45, 7) is 16.9. The van der Waals surface area contributed by atoms with E-state index < -0.39 is 11.4 Å². The summed E-state index contributed by atoms with van der Waals surface area (Å²) in [4.78, 5) is 26.0. The second-order valence-corrected chi connectivity index (χ2v) is 16.8. The van der Waals surface area contributed by atoms with Gasteiger partial charge in [0.25, 0.3) is 0 Å². The lowest BCUT2D eigenvalue weighted by Gasteiger charge is -2.71. The predicted octanol–water partition coefficient (Wildman–Crippen LogP) is 9.06. The van der Waals surface area contributed by atoms with Gasteiger partial charge < -0.3 is 14.9 Å². The van der Waals surface area contributed by atoms with Crippen molar-refractivity contribution >= 4 is 18.0 Å². The van der Waals surface area contributed by atoms with E-state index in [1.165, 1.54) is 11.6 Å². The Morgan fingerprint density at radius 3 is 2.27 bits per heavy atom. The molecular formula is C39H54O5. The molecule has 1 unspecified atom stereocenters. The maximum atomic E-state index is 13.0. The molecule has 4 saturated carbocycles. The van der Waals surface area contributed by atoms with E-state index in [1.54, 1.807) is 30.3 Å². The first kappa shape index (κ1) is 31.4. The first-order chi connectivity index (χ1) is 20.6. The highest BCUT2D eigenvalue weighted by molar-refractivity contribution is 5.87. The fraction of sp³-hybridized carbons (Fsp3) is 0.692. The van der Waals surface area contributed by atoms with Crippen LogP contribution in [0.1, 0.15) is 112 Å². The quantitative estimate of drug-likeness (QED) is 0.204. The molecule has 0 radical (unpaired) electrons. The molecule has 10 atom stereocenters. The van der Waals surface area contributed by atoms with Crippen molar-refractivity contribution in [2.45, 2.75) is 112 Å². The van der Waals surface area contributed by atoms with Crippen LogP contribution in [0.25, 0.3) is 6.08 Å². The molecular weight excluding hydrogens is 548 g/mol. The summed E-state index contributed by atoms with van der Waals surface area (Å²) in [5.41, 5.74) is 1.81. The van der Waals surface area contributed by atoms with Crippen molar-refractivity contribution in [2.75, 3.05) is 0 Å². The van der Waals surface area contributed by atoms with Crippen LogP contribution in [0.15, 0.2) is 42.0 Å². The number of carboxylic acid groups (broad SMARTS) is 1.